The number of likely N-dealkylation sites (tertiary alicyclic amines) is 1. The zero-order valence-electron chi connectivity index (χ0n) is 14.3. The third kappa shape index (κ3) is 4.10. The third-order valence-corrected chi connectivity index (χ3v) is 4.70. The lowest BCUT2D eigenvalue weighted by atomic mass is 10.0. The highest BCUT2D eigenvalue weighted by molar-refractivity contribution is 5.92. The molecule has 2 N–H and O–H groups in total. The summed E-state index contributed by atoms with van der Waals surface area (Å²) < 4.78 is 5.30. The monoisotopic (exact) mass is 362 g/mol. The predicted molar refractivity (Wildman–Crippen MR) is 90.4 cm³/mol. The molecule has 3 amide bonds. The summed E-state index contributed by atoms with van der Waals surface area (Å²) >= 11 is 0. The maximum atomic E-state index is 13.1. The fourth-order valence-corrected chi connectivity index (χ4v) is 3.36. The number of carbonyl (C=O) groups excluding carboxylic acids is 2. The van der Waals surface area contributed by atoms with Gasteiger partial charge in [0.05, 0.1) is 13.2 Å². The van der Waals surface area contributed by atoms with Crippen LogP contribution >= 0.6 is 0 Å². The number of aromatic nitrogens is 1. The Morgan fingerprint density at radius 3 is 2.62 bits per heavy atom. The van der Waals surface area contributed by atoms with E-state index in [0.29, 0.717) is 45.7 Å². The number of nitrogens with zero attached hydrogens (tertiary/aromatic N) is 3. The zero-order chi connectivity index (χ0) is 18.5. The van der Waals surface area contributed by atoms with Crippen LogP contribution in [0, 0.1) is 0 Å². The third-order valence-electron chi connectivity index (χ3n) is 4.70. The van der Waals surface area contributed by atoms with E-state index >= 15 is 0 Å². The van der Waals surface area contributed by atoms with Gasteiger partial charge >= 0.3 is 6.09 Å². The van der Waals surface area contributed by atoms with Gasteiger partial charge in [-0.1, -0.05) is 0 Å². The van der Waals surface area contributed by atoms with Gasteiger partial charge in [-0.2, -0.15) is 0 Å². The average molecular weight is 362 g/mol. The van der Waals surface area contributed by atoms with Crippen LogP contribution in [0.2, 0.25) is 0 Å². The number of hydrogen-bond acceptors (Lipinski definition) is 5. The van der Waals surface area contributed by atoms with Crippen molar-refractivity contribution in [2.24, 2.45) is 0 Å². The van der Waals surface area contributed by atoms with Crippen molar-refractivity contribution >= 4 is 17.9 Å². The van der Waals surface area contributed by atoms with Gasteiger partial charge in [0.2, 0.25) is 11.8 Å². The lowest BCUT2D eigenvalue weighted by Crippen LogP contribution is -2.54. The Hall–Kier alpha value is -2.68. The topological polar surface area (TPSA) is 112 Å². The first-order valence-electron chi connectivity index (χ1n) is 8.61. The smallest absolute Gasteiger partial charge is 0.405 e. The van der Waals surface area contributed by atoms with Gasteiger partial charge in [0.15, 0.2) is 0 Å². The molecule has 0 radical (unpaired) electrons. The van der Waals surface area contributed by atoms with Gasteiger partial charge < -0.3 is 25.0 Å². The SMILES string of the molecule is O=C(O)N[C@H]1CCN([C@@H](Cc2ccncc2)C(=O)N2CCOCC2)C1=O. The van der Waals surface area contributed by atoms with Gasteiger partial charge in [0.25, 0.3) is 0 Å². The Kier molecular flexibility index (Phi) is 5.67. The van der Waals surface area contributed by atoms with E-state index in [1.54, 1.807) is 17.3 Å². The van der Waals surface area contributed by atoms with Crippen molar-refractivity contribution in [2.75, 3.05) is 32.8 Å². The maximum Gasteiger partial charge on any atom is 0.405 e. The lowest BCUT2D eigenvalue weighted by Gasteiger charge is -2.34. The fourth-order valence-electron chi connectivity index (χ4n) is 3.36. The standard InChI is InChI=1S/C17H22N4O5/c22-15-13(19-17(24)25)3-6-21(15)14(11-12-1-4-18-5-2-12)16(23)20-7-9-26-10-8-20/h1-2,4-5,13-14,19H,3,6-11H2,(H,24,25)/t13-,14-/m0/s1. The second-order valence-corrected chi connectivity index (χ2v) is 6.34. The van der Waals surface area contributed by atoms with Crippen LogP contribution in [0.25, 0.3) is 0 Å². The van der Waals surface area contributed by atoms with E-state index in [4.69, 9.17) is 9.84 Å². The van der Waals surface area contributed by atoms with E-state index in [9.17, 15) is 14.4 Å². The molecule has 3 rings (SSSR count). The number of hydrogen-bond donors (Lipinski definition) is 2. The van der Waals surface area contributed by atoms with Crippen molar-refractivity contribution in [3.63, 3.8) is 0 Å². The van der Waals surface area contributed by atoms with Crippen LogP contribution in [0.15, 0.2) is 24.5 Å². The summed E-state index contributed by atoms with van der Waals surface area (Å²) in [6, 6.07) is 2.16. The molecule has 0 saturated carbocycles. The molecule has 9 nitrogen and oxygen atoms in total. The van der Waals surface area contributed by atoms with Crippen LogP contribution in [0.1, 0.15) is 12.0 Å². The van der Waals surface area contributed by atoms with Crippen LogP contribution in [-0.2, 0) is 20.7 Å². The Labute approximate surface area is 150 Å². The van der Waals surface area contributed by atoms with Gasteiger partial charge in [-0.25, -0.2) is 4.79 Å². The molecule has 1 aromatic rings. The number of carboxylic acid groups (broad SMARTS) is 1. The minimum Gasteiger partial charge on any atom is -0.465 e. The molecule has 9 heteroatoms. The van der Waals surface area contributed by atoms with E-state index < -0.39 is 18.2 Å². The van der Waals surface area contributed by atoms with Crippen molar-refractivity contribution in [3.8, 4) is 0 Å². The highest BCUT2D eigenvalue weighted by atomic mass is 16.5. The molecule has 0 aromatic carbocycles. The highest BCUT2D eigenvalue weighted by Gasteiger charge is 2.41. The molecule has 0 bridgehead atoms. The Morgan fingerprint density at radius 2 is 1.96 bits per heavy atom. The van der Waals surface area contributed by atoms with Gasteiger partial charge in [-0.3, -0.25) is 14.6 Å². The van der Waals surface area contributed by atoms with Gasteiger partial charge in [-0.15, -0.1) is 0 Å². The molecule has 0 unspecified atom stereocenters. The van der Waals surface area contributed by atoms with Crippen LogP contribution in [0.3, 0.4) is 0 Å². The van der Waals surface area contributed by atoms with Gasteiger partial charge in [0.1, 0.15) is 12.1 Å². The van der Waals surface area contributed by atoms with Crippen LogP contribution < -0.4 is 5.32 Å². The van der Waals surface area contributed by atoms with Gasteiger partial charge in [0, 0.05) is 38.4 Å². The molecule has 2 fully saturated rings. The van der Waals surface area contributed by atoms with E-state index in [1.807, 2.05) is 12.1 Å². The molecule has 2 saturated heterocycles. The number of carbonyl (C=O) groups is 3. The van der Waals surface area contributed by atoms with Crippen LogP contribution in [0.4, 0.5) is 4.79 Å². The van der Waals surface area contributed by atoms with Crippen molar-refractivity contribution in [3.05, 3.63) is 30.1 Å². The van der Waals surface area contributed by atoms with Gasteiger partial charge in [-0.05, 0) is 24.1 Å². The second-order valence-electron chi connectivity index (χ2n) is 6.34. The van der Waals surface area contributed by atoms with E-state index in [1.165, 1.54) is 4.90 Å². The second kappa shape index (κ2) is 8.13. The van der Waals surface area contributed by atoms with Crippen molar-refractivity contribution < 1.29 is 24.2 Å². The molecule has 2 aliphatic rings. The molecule has 0 aliphatic carbocycles. The summed E-state index contributed by atoms with van der Waals surface area (Å²) in [6.07, 6.45) is 2.77. The number of morpholine rings is 1. The van der Waals surface area contributed by atoms with Crippen LogP contribution in [0.5, 0.6) is 0 Å². The molecule has 3 heterocycles. The first kappa shape index (κ1) is 18.1. The number of nitrogens with one attached hydrogen (secondary N) is 1. The minimum absolute atomic E-state index is 0.130. The van der Waals surface area contributed by atoms with Crippen molar-refractivity contribution in [1.29, 1.82) is 0 Å². The molecule has 2 atom stereocenters. The molecule has 2 aliphatic heterocycles. The summed E-state index contributed by atoms with van der Waals surface area (Å²) in [5.74, 6) is -0.484. The Balaban J connectivity index is 1.79. The normalized spacial score (nSPS) is 21.5. The quantitative estimate of drug-likeness (QED) is 0.745. The molecule has 1 aromatic heterocycles. The summed E-state index contributed by atoms with van der Waals surface area (Å²) in [7, 11) is 0. The molecule has 26 heavy (non-hydrogen) atoms. The maximum absolute atomic E-state index is 13.1. The lowest BCUT2D eigenvalue weighted by molar-refractivity contribution is -0.146. The summed E-state index contributed by atoms with van der Waals surface area (Å²) in [6.45, 7) is 2.28. The number of pyridine rings is 1. The molecule has 0 spiro atoms. The van der Waals surface area contributed by atoms with E-state index in [0.717, 1.165) is 5.56 Å². The van der Waals surface area contributed by atoms with Crippen molar-refractivity contribution in [2.45, 2.75) is 24.9 Å². The number of ether oxygens (including phenoxy) is 1. The first-order valence-corrected chi connectivity index (χ1v) is 8.61. The van der Waals surface area contributed by atoms with E-state index in [2.05, 4.69) is 10.3 Å². The minimum atomic E-state index is -1.24. The number of amides is 3. The first-order chi connectivity index (χ1) is 12.6. The summed E-state index contributed by atoms with van der Waals surface area (Å²) in [5.41, 5.74) is 0.897. The zero-order valence-corrected chi connectivity index (χ0v) is 14.3. The Morgan fingerprint density at radius 1 is 1.27 bits per heavy atom. The van der Waals surface area contributed by atoms with Crippen LogP contribution in [-0.4, -0.2) is 82.7 Å². The predicted octanol–water partition coefficient (Wildman–Crippen LogP) is -0.280. The van der Waals surface area contributed by atoms with Crippen molar-refractivity contribution in [1.82, 2.24) is 20.1 Å². The average Bonchev–Trinajstić information content (AvgIpc) is 3.00. The Bertz CT molecular complexity index is 662. The number of rotatable bonds is 5. The largest absolute Gasteiger partial charge is 0.465 e. The van der Waals surface area contributed by atoms with E-state index in [-0.39, 0.29) is 11.8 Å². The molecule has 140 valence electrons. The molecular formula is C17H22N4O5. The fraction of sp³-hybridized carbons (Fsp3) is 0.529. The summed E-state index contributed by atoms with van der Waals surface area (Å²) in [5, 5.41) is 11.1. The highest BCUT2D eigenvalue weighted by Crippen LogP contribution is 2.20. The molecular weight excluding hydrogens is 340 g/mol. The summed E-state index contributed by atoms with van der Waals surface area (Å²) in [4.78, 5) is 43.8.